The van der Waals surface area contributed by atoms with Crippen LogP contribution in [0.5, 0.6) is 0 Å². The minimum atomic E-state index is -4.00. The third kappa shape index (κ3) is 9.15. The maximum atomic E-state index is 12.9. The standard InChI is InChI=1S/C26H31N3O2.C2H3F3/c30-25(29-19-17-21-10-4-5-12-24(21)29)16-15-22(14-13-20-8-2-1-3-9-20)28-26(31)23-11-6-7-18-27-23;1-2(3,4)5/h1-5,8-10,12,15-16,22-23,27H,6-7,11,13-14,17-19H2,(H,28,31);1H3/b16-15+;/t22-,23?;/m0./s1. The van der Waals surface area contributed by atoms with Crippen LogP contribution in [0.4, 0.5) is 18.9 Å². The Bertz CT molecular complexity index is 1010. The highest BCUT2D eigenvalue weighted by atomic mass is 19.4. The molecule has 194 valence electrons. The monoisotopic (exact) mass is 501 g/mol. The molecule has 2 N–H and O–H groups in total. The van der Waals surface area contributed by atoms with Gasteiger partial charge < -0.3 is 15.5 Å². The van der Waals surface area contributed by atoms with E-state index in [1.54, 1.807) is 6.08 Å². The molecule has 1 saturated heterocycles. The van der Waals surface area contributed by atoms with E-state index in [0.717, 1.165) is 50.8 Å². The largest absolute Gasteiger partial charge is 0.386 e. The third-order valence-electron chi connectivity index (χ3n) is 6.17. The predicted molar refractivity (Wildman–Crippen MR) is 136 cm³/mol. The number of piperidine rings is 1. The molecule has 0 spiro atoms. The van der Waals surface area contributed by atoms with Crippen molar-refractivity contribution in [2.75, 3.05) is 18.0 Å². The second-order valence-electron chi connectivity index (χ2n) is 9.15. The van der Waals surface area contributed by atoms with Gasteiger partial charge in [0.1, 0.15) is 0 Å². The average Bonchev–Trinajstić information content (AvgIpc) is 3.30. The highest BCUT2D eigenvalue weighted by Crippen LogP contribution is 2.27. The average molecular weight is 502 g/mol. The maximum absolute atomic E-state index is 12.9. The van der Waals surface area contributed by atoms with Crippen LogP contribution in [0, 0.1) is 0 Å². The van der Waals surface area contributed by atoms with Crippen molar-refractivity contribution in [2.24, 2.45) is 0 Å². The van der Waals surface area contributed by atoms with Gasteiger partial charge in [-0.2, -0.15) is 13.2 Å². The van der Waals surface area contributed by atoms with E-state index in [1.807, 2.05) is 47.4 Å². The molecule has 0 bridgehead atoms. The zero-order valence-electron chi connectivity index (χ0n) is 20.6. The van der Waals surface area contributed by atoms with Gasteiger partial charge in [-0.1, -0.05) is 61.0 Å². The lowest BCUT2D eigenvalue weighted by Crippen LogP contribution is -2.49. The van der Waals surface area contributed by atoms with Crippen LogP contribution >= 0.6 is 0 Å². The number of alkyl halides is 3. The van der Waals surface area contributed by atoms with Gasteiger partial charge in [-0.3, -0.25) is 9.59 Å². The van der Waals surface area contributed by atoms with Crippen molar-refractivity contribution in [1.29, 1.82) is 0 Å². The lowest BCUT2D eigenvalue weighted by atomic mass is 10.0. The van der Waals surface area contributed by atoms with Crippen LogP contribution < -0.4 is 15.5 Å². The van der Waals surface area contributed by atoms with Crippen LogP contribution in [0.2, 0.25) is 0 Å². The van der Waals surface area contributed by atoms with E-state index in [0.29, 0.717) is 6.54 Å². The topological polar surface area (TPSA) is 61.4 Å². The normalized spacial score (nSPS) is 18.2. The molecule has 0 saturated carbocycles. The van der Waals surface area contributed by atoms with E-state index in [9.17, 15) is 22.8 Å². The summed E-state index contributed by atoms with van der Waals surface area (Å²) in [4.78, 5) is 27.5. The number of nitrogens with zero attached hydrogens (tertiary/aromatic N) is 1. The highest BCUT2D eigenvalue weighted by Gasteiger charge is 2.24. The molecule has 2 aliphatic heterocycles. The van der Waals surface area contributed by atoms with Crippen LogP contribution in [0.25, 0.3) is 0 Å². The summed E-state index contributed by atoms with van der Waals surface area (Å²) in [5, 5.41) is 6.47. The number of para-hydroxylation sites is 1. The van der Waals surface area contributed by atoms with E-state index in [2.05, 4.69) is 28.8 Å². The minimum absolute atomic E-state index is 0.0281. The van der Waals surface area contributed by atoms with Crippen molar-refractivity contribution in [3.8, 4) is 0 Å². The Morgan fingerprint density at radius 3 is 2.50 bits per heavy atom. The minimum Gasteiger partial charge on any atom is -0.349 e. The second-order valence-corrected chi connectivity index (χ2v) is 9.15. The molecule has 0 aromatic heterocycles. The molecule has 2 aromatic rings. The van der Waals surface area contributed by atoms with Gasteiger partial charge in [0.15, 0.2) is 0 Å². The lowest BCUT2D eigenvalue weighted by Gasteiger charge is -2.25. The summed E-state index contributed by atoms with van der Waals surface area (Å²) in [6, 6.07) is 18.0. The summed E-state index contributed by atoms with van der Waals surface area (Å²) in [6.07, 6.45) is 5.04. The van der Waals surface area contributed by atoms with Gasteiger partial charge in [0.25, 0.3) is 5.91 Å². The van der Waals surface area contributed by atoms with Crippen molar-refractivity contribution >= 4 is 17.5 Å². The quantitative estimate of drug-likeness (QED) is 0.528. The number of aryl methyl sites for hydroxylation is 1. The van der Waals surface area contributed by atoms with Gasteiger partial charge in [0, 0.05) is 31.3 Å². The molecule has 1 fully saturated rings. The van der Waals surface area contributed by atoms with Crippen LogP contribution in [-0.2, 0) is 22.4 Å². The van der Waals surface area contributed by atoms with Gasteiger partial charge >= 0.3 is 6.18 Å². The second kappa shape index (κ2) is 13.3. The van der Waals surface area contributed by atoms with E-state index in [4.69, 9.17) is 0 Å². The molecule has 2 aromatic carbocycles. The van der Waals surface area contributed by atoms with Crippen LogP contribution in [0.3, 0.4) is 0 Å². The van der Waals surface area contributed by atoms with E-state index in [1.165, 1.54) is 11.1 Å². The zero-order valence-corrected chi connectivity index (χ0v) is 20.6. The molecule has 2 aliphatic rings. The SMILES string of the molecule is CC(F)(F)F.O=C(N[C@H](/C=C/C(=O)N1CCc2ccccc21)CCc1ccccc1)C1CCCCN1. The van der Waals surface area contributed by atoms with Gasteiger partial charge in [-0.05, 0) is 55.8 Å². The van der Waals surface area contributed by atoms with E-state index < -0.39 is 6.18 Å². The first-order valence-electron chi connectivity index (χ1n) is 12.4. The Hall–Kier alpha value is -3.13. The van der Waals surface area contributed by atoms with Gasteiger partial charge in [0.05, 0.1) is 6.04 Å². The number of rotatable bonds is 7. The highest BCUT2D eigenvalue weighted by molar-refractivity contribution is 6.03. The first kappa shape index (κ1) is 27.5. The number of carbonyl (C=O) groups excluding carboxylic acids is 2. The maximum Gasteiger partial charge on any atom is 0.386 e. The number of hydrogen-bond donors (Lipinski definition) is 2. The van der Waals surface area contributed by atoms with Crippen molar-refractivity contribution < 1.29 is 22.8 Å². The van der Waals surface area contributed by atoms with E-state index in [-0.39, 0.29) is 30.8 Å². The molecule has 2 atom stereocenters. The number of halogens is 3. The van der Waals surface area contributed by atoms with Gasteiger partial charge in [-0.15, -0.1) is 0 Å². The van der Waals surface area contributed by atoms with Crippen LogP contribution in [0.1, 0.15) is 43.7 Å². The molecular formula is C28H34F3N3O2. The van der Waals surface area contributed by atoms with Crippen molar-refractivity contribution in [3.63, 3.8) is 0 Å². The summed E-state index contributed by atoms with van der Waals surface area (Å²) in [6.45, 7) is 1.78. The summed E-state index contributed by atoms with van der Waals surface area (Å²) < 4.78 is 31.1. The number of anilines is 1. The van der Waals surface area contributed by atoms with Crippen LogP contribution in [-0.4, -0.2) is 43.2 Å². The molecule has 36 heavy (non-hydrogen) atoms. The Balaban J connectivity index is 0.000000658. The molecule has 0 radical (unpaired) electrons. The van der Waals surface area contributed by atoms with Gasteiger partial charge in [-0.25, -0.2) is 0 Å². The molecule has 4 rings (SSSR count). The molecule has 8 heteroatoms. The Kier molecular flexibility index (Phi) is 10.1. The Morgan fingerprint density at radius 1 is 1.11 bits per heavy atom. The van der Waals surface area contributed by atoms with Crippen molar-refractivity contribution in [2.45, 2.75) is 63.7 Å². The smallest absolute Gasteiger partial charge is 0.349 e. The van der Waals surface area contributed by atoms with E-state index >= 15 is 0 Å². The molecule has 1 unspecified atom stereocenters. The van der Waals surface area contributed by atoms with Crippen LogP contribution in [0.15, 0.2) is 66.7 Å². The molecule has 0 aliphatic carbocycles. The first-order chi connectivity index (χ1) is 17.2. The fourth-order valence-corrected chi connectivity index (χ4v) is 4.40. The fraction of sp³-hybridized carbons (Fsp3) is 0.429. The summed E-state index contributed by atoms with van der Waals surface area (Å²) >= 11 is 0. The lowest BCUT2D eigenvalue weighted by molar-refractivity contribution is -0.124. The number of nitrogens with one attached hydrogen (secondary N) is 2. The van der Waals surface area contributed by atoms with Gasteiger partial charge in [0.2, 0.25) is 5.91 Å². The molecule has 5 nitrogen and oxygen atoms in total. The number of hydrogen-bond acceptors (Lipinski definition) is 3. The first-order valence-corrected chi connectivity index (χ1v) is 12.4. The summed E-state index contributed by atoms with van der Waals surface area (Å²) in [7, 11) is 0. The number of amides is 2. The predicted octanol–water partition coefficient (Wildman–Crippen LogP) is 4.96. The number of benzene rings is 2. The Labute approximate surface area is 210 Å². The summed E-state index contributed by atoms with van der Waals surface area (Å²) in [5.74, 6) is 0.00100. The Morgan fingerprint density at radius 2 is 1.81 bits per heavy atom. The third-order valence-corrected chi connectivity index (χ3v) is 6.17. The number of fused-ring (bicyclic) bond motifs is 1. The van der Waals surface area contributed by atoms with Crippen molar-refractivity contribution in [1.82, 2.24) is 10.6 Å². The molecule has 2 amide bonds. The fourth-order valence-electron chi connectivity index (χ4n) is 4.40. The zero-order chi connectivity index (χ0) is 26.0. The number of carbonyl (C=O) groups is 2. The summed E-state index contributed by atoms with van der Waals surface area (Å²) in [5.41, 5.74) is 3.43. The molecule has 2 heterocycles. The molecular weight excluding hydrogens is 467 g/mol. The van der Waals surface area contributed by atoms with Crippen molar-refractivity contribution in [3.05, 3.63) is 77.9 Å².